The summed E-state index contributed by atoms with van der Waals surface area (Å²) < 4.78 is 0. The second-order valence-electron chi connectivity index (χ2n) is 4.71. The van der Waals surface area contributed by atoms with Gasteiger partial charge in [-0.1, -0.05) is 19.9 Å². The minimum Gasteiger partial charge on any atom is -0.345 e. The average Bonchev–Trinajstić information content (AvgIpc) is 2.72. The lowest BCUT2D eigenvalue weighted by atomic mass is 10.1. The number of hydrogen-bond acceptors (Lipinski definition) is 3. The molecule has 0 fully saturated rings. The summed E-state index contributed by atoms with van der Waals surface area (Å²) in [7, 11) is 0. The zero-order valence-electron chi connectivity index (χ0n) is 10.6. The first kappa shape index (κ1) is 12.3. The molecule has 4 heteroatoms. The van der Waals surface area contributed by atoms with Gasteiger partial charge in [-0.25, -0.2) is 9.97 Å². The van der Waals surface area contributed by atoms with Crippen molar-refractivity contribution >= 4 is 11.2 Å². The predicted molar refractivity (Wildman–Crippen MR) is 70.9 cm³/mol. The van der Waals surface area contributed by atoms with E-state index in [-0.39, 0.29) is 0 Å². The summed E-state index contributed by atoms with van der Waals surface area (Å²) in [6.45, 7) is 4.33. The fourth-order valence-corrected chi connectivity index (χ4v) is 1.89. The van der Waals surface area contributed by atoms with Crippen molar-refractivity contribution in [1.82, 2.24) is 15.0 Å². The van der Waals surface area contributed by atoms with E-state index >= 15 is 0 Å². The van der Waals surface area contributed by atoms with Crippen molar-refractivity contribution in [1.29, 1.82) is 5.26 Å². The smallest absolute Gasteiger partial charge is 0.156 e. The first-order chi connectivity index (χ1) is 8.70. The number of nitrogens with one attached hydrogen (secondary N) is 1. The van der Waals surface area contributed by atoms with Crippen molar-refractivity contribution in [3.05, 3.63) is 35.8 Å². The molecular weight excluding hydrogens is 224 g/mol. The van der Waals surface area contributed by atoms with Crippen LogP contribution in [0.5, 0.6) is 0 Å². The van der Waals surface area contributed by atoms with Crippen LogP contribution >= 0.6 is 0 Å². The highest BCUT2D eigenvalue weighted by atomic mass is 14.9. The fourth-order valence-electron chi connectivity index (χ4n) is 1.89. The highest BCUT2D eigenvalue weighted by molar-refractivity contribution is 5.75. The van der Waals surface area contributed by atoms with E-state index in [1.807, 2.05) is 24.5 Å². The van der Waals surface area contributed by atoms with Crippen molar-refractivity contribution < 1.29 is 0 Å². The third-order valence-electron chi connectivity index (χ3n) is 2.66. The number of aromatic amines is 1. The summed E-state index contributed by atoms with van der Waals surface area (Å²) in [6, 6.07) is 1.99. The fraction of sp³-hybridized carbons (Fsp3) is 0.357. The maximum Gasteiger partial charge on any atom is 0.156 e. The molecule has 0 atom stereocenters. The molecule has 0 unspecified atom stereocenters. The van der Waals surface area contributed by atoms with E-state index in [2.05, 4.69) is 28.8 Å². The molecule has 0 saturated carbocycles. The van der Waals surface area contributed by atoms with Crippen LogP contribution in [0.2, 0.25) is 0 Å². The molecule has 92 valence electrons. The van der Waals surface area contributed by atoms with Gasteiger partial charge < -0.3 is 4.98 Å². The Bertz CT molecular complexity index is 602. The van der Waals surface area contributed by atoms with Gasteiger partial charge in [-0.05, 0) is 18.8 Å². The molecule has 1 N–H and O–H groups in total. The van der Waals surface area contributed by atoms with Gasteiger partial charge >= 0.3 is 0 Å². The van der Waals surface area contributed by atoms with E-state index in [1.165, 1.54) is 6.08 Å². The molecule has 0 aliphatic rings. The second-order valence-corrected chi connectivity index (χ2v) is 4.71. The van der Waals surface area contributed by atoms with E-state index in [0.29, 0.717) is 12.3 Å². The van der Waals surface area contributed by atoms with Crippen LogP contribution in [0.3, 0.4) is 0 Å². The lowest BCUT2D eigenvalue weighted by Gasteiger charge is -2.03. The maximum absolute atomic E-state index is 8.48. The third kappa shape index (κ3) is 2.75. The summed E-state index contributed by atoms with van der Waals surface area (Å²) in [6.07, 6.45) is 8.69. The zero-order valence-corrected chi connectivity index (χ0v) is 10.6. The largest absolute Gasteiger partial charge is 0.345 e. The molecule has 2 heterocycles. The second kappa shape index (κ2) is 5.46. The van der Waals surface area contributed by atoms with E-state index in [4.69, 9.17) is 5.26 Å². The normalized spacial score (nSPS) is 11.4. The molecule has 0 amide bonds. The summed E-state index contributed by atoms with van der Waals surface area (Å²) in [5.74, 6) is 0.567. The van der Waals surface area contributed by atoms with Gasteiger partial charge in [0.05, 0.1) is 18.0 Å². The summed E-state index contributed by atoms with van der Waals surface area (Å²) in [5.41, 5.74) is 3.82. The van der Waals surface area contributed by atoms with Crippen molar-refractivity contribution in [2.24, 2.45) is 5.92 Å². The highest BCUT2D eigenvalue weighted by Gasteiger charge is 2.07. The summed E-state index contributed by atoms with van der Waals surface area (Å²) in [5, 5.41) is 8.48. The van der Waals surface area contributed by atoms with Crippen LogP contribution in [0, 0.1) is 17.2 Å². The van der Waals surface area contributed by atoms with Gasteiger partial charge in [-0.2, -0.15) is 5.26 Å². The van der Waals surface area contributed by atoms with Gasteiger partial charge in [0.15, 0.2) is 5.65 Å². The van der Waals surface area contributed by atoms with E-state index in [9.17, 15) is 0 Å². The first-order valence-corrected chi connectivity index (χ1v) is 6.07. The summed E-state index contributed by atoms with van der Waals surface area (Å²) in [4.78, 5) is 12.1. The van der Waals surface area contributed by atoms with Gasteiger partial charge in [0.2, 0.25) is 0 Å². The van der Waals surface area contributed by atoms with Gasteiger partial charge in [-0.15, -0.1) is 0 Å². The van der Waals surface area contributed by atoms with Crippen LogP contribution in [0.25, 0.3) is 11.2 Å². The Morgan fingerprint density at radius 3 is 3.06 bits per heavy atom. The van der Waals surface area contributed by atoms with Crippen LogP contribution in [-0.2, 0) is 12.8 Å². The number of rotatable bonds is 4. The van der Waals surface area contributed by atoms with Gasteiger partial charge in [0.1, 0.15) is 5.52 Å². The quantitative estimate of drug-likeness (QED) is 0.836. The van der Waals surface area contributed by atoms with E-state index in [1.54, 1.807) is 0 Å². The molecule has 0 radical (unpaired) electrons. The van der Waals surface area contributed by atoms with Crippen molar-refractivity contribution in [3.63, 3.8) is 0 Å². The standard InChI is InChI=1S/C14H16N4/c1-10(2)7-12-9-17-14-13(18-12)11(8-16-14)5-3-4-6-15/h3-4,8-10H,5,7H2,1-2H3,(H,16,17)/b4-3+. The minimum absolute atomic E-state index is 0.567. The number of nitriles is 1. The van der Waals surface area contributed by atoms with Gasteiger partial charge in [0.25, 0.3) is 0 Å². The molecule has 2 aromatic rings. The highest BCUT2D eigenvalue weighted by Crippen LogP contribution is 2.16. The Morgan fingerprint density at radius 1 is 1.50 bits per heavy atom. The zero-order chi connectivity index (χ0) is 13.0. The molecule has 0 aromatic carbocycles. The molecule has 0 aliphatic heterocycles. The van der Waals surface area contributed by atoms with Crippen LogP contribution in [0.15, 0.2) is 24.5 Å². The molecule has 2 aromatic heterocycles. The number of hydrogen-bond donors (Lipinski definition) is 1. The van der Waals surface area contributed by atoms with Crippen molar-refractivity contribution in [2.75, 3.05) is 0 Å². The SMILES string of the molecule is CC(C)Cc1cnc2[nH]cc(C/C=C/C#N)c2n1. The molecule has 0 saturated heterocycles. The minimum atomic E-state index is 0.567. The molecule has 0 bridgehead atoms. The van der Waals surface area contributed by atoms with Crippen molar-refractivity contribution in [2.45, 2.75) is 26.7 Å². The monoisotopic (exact) mass is 240 g/mol. The maximum atomic E-state index is 8.48. The van der Waals surface area contributed by atoms with Gasteiger partial charge in [-0.3, -0.25) is 0 Å². The third-order valence-corrected chi connectivity index (χ3v) is 2.66. The lowest BCUT2D eigenvalue weighted by molar-refractivity contribution is 0.635. The molecule has 18 heavy (non-hydrogen) atoms. The van der Waals surface area contributed by atoms with E-state index < -0.39 is 0 Å². The number of allylic oxidation sites excluding steroid dienone is 2. The molecule has 0 aliphatic carbocycles. The predicted octanol–water partition coefficient (Wildman–Crippen LogP) is 2.78. The van der Waals surface area contributed by atoms with Crippen LogP contribution in [0.4, 0.5) is 0 Å². The lowest BCUT2D eigenvalue weighted by Crippen LogP contribution is -1.98. The summed E-state index contributed by atoms with van der Waals surface area (Å²) >= 11 is 0. The Kier molecular flexibility index (Phi) is 3.73. The number of aromatic nitrogens is 3. The molecule has 4 nitrogen and oxygen atoms in total. The Hall–Kier alpha value is -2.15. The Balaban J connectivity index is 2.31. The number of nitrogens with zero attached hydrogens (tertiary/aromatic N) is 3. The molecule has 0 spiro atoms. The molecular formula is C14H16N4. The Morgan fingerprint density at radius 2 is 2.33 bits per heavy atom. The van der Waals surface area contributed by atoms with Crippen LogP contribution < -0.4 is 0 Å². The topological polar surface area (TPSA) is 65.4 Å². The van der Waals surface area contributed by atoms with Crippen LogP contribution in [-0.4, -0.2) is 15.0 Å². The number of fused-ring (bicyclic) bond motifs is 1. The molecule has 2 rings (SSSR count). The first-order valence-electron chi connectivity index (χ1n) is 6.07. The average molecular weight is 240 g/mol. The number of H-pyrrole nitrogens is 1. The van der Waals surface area contributed by atoms with Crippen molar-refractivity contribution in [3.8, 4) is 6.07 Å². The Labute approximate surface area is 106 Å². The van der Waals surface area contributed by atoms with Crippen LogP contribution in [0.1, 0.15) is 25.1 Å². The van der Waals surface area contributed by atoms with Gasteiger partial charge in [0, 0.05) is 17.8 Å². The van der Waals surface area contributed by atoms with E-state index in [0.717, 1.165) is 28.8 Å².